The predicted molar refractivity (Wildman–Crippen MR) is 112 cm³/mol. The van der Waals surface area contributed by atoms with Crippen LogP contribution in [0.15, 0.2) is 60.9 Å². The fraction of sp³-hybridized carbons (Fsp3) is 0.227. The minimum atomic E-state index is -0.160. The lowest BCUT2D eigenvalue weighted by atomic mass is 10.0. The highest BCUT2D eigenvalue weighted by Gasteiger charge is 2.34. The average molecular weight is 426 g/mol. The highest BCUT2D eigenvalue weighted by atomic mass is 35.5. The standard InChI is InChI=1S/C22H20ClN3O4/c23-16-4-6-17(7-5-16)30-21-14-24-20(13-25-21)26-19(8-9-22(26)28)15-2-1-3-18(12-15)29-11-10-27/h1-7,12-14,19,27H,8-11H2. The van der Waals surface area contributed by atoms with Gasteiger partial charge in [0.15, 0.2) is 5.82 Å². The number of carbonyl (C=O) groups is 1. The van der Waals surface area contributed by atoms with Crippen molar-refractivity contribution in [1.82, 2.24) is 9.97 Å². The third-order valence-corrected chi connectivity index (χ3v) is 4.96. The van der Waals surface area contributed by atoms with Gasteiger partial charge >= 0.3 is 0 Å². The summed E-state index contributed by atoms with van der Waals surface area (Å²) >= 11 is 5.88. The van der Waals surface area contributed by atoms with Crippen LogP contribution >= 0.6 is 11.6 Å². The number of benzene rings is 2. The quantitative estimate of drug-likeness (QED) is 0.611. The first-order valence-electron chi connectivity index (χ1n) is 9.55. The van der Waals surface area contributed by atoms with Crippen LogP contribution in [0.4, 0.5) is 5.82 Å². The van der Waals surface area contributed by atoms with Gasteiger partial charge in [0.2, 0.25) is 11.8 Å². The molecule has 1 fully saturated rings. The summed E-state index contributed by atoms with van der Waals surface area (Å²) in [7, 11) is 0. The Morgan fingerprint density at radius 1 is 1.10 bits per heavy atom. The summed E-state index contributed by atoms with van der Waals surface area (Å²) in [5, 5.41) is 9.57. The molecule has 30 heavy (non-hydrogen) atoms. The van der Waals surface area contributed by atoms with Crippen LogP contribution < -0.4 is 14.4 Å². The molecule has 1 aromatic heterocycles. The summed E-state index contributed by atoms with van der Waals surface area (Å²) in [5.41, 5.74) is 0.944. The molecule has 0 saturated carbocycles. The molecule has 0 radical (unpaired) electrons. The number of rotatable bonds is 7. The summed E-state index contributed by atoms with van der Waals surface area (Å²) in [6, 6.07) is 14.3. The number of nitrogens with zero attached hydrogens (tertiary/aromatic N) is 3. The largest absolute Gasteiger partial charge is 0.491 e. The second-order valence-electron chi connectivity index (χ2n) is 6.73. The summed E-state index contributed by atoms with van der Waals surface area (Å²) in [4.78, 5) is 22.9. The molecule has 4 rings (SSSR count). The number of hydrogen-bond donors (Lipinski definition) is 1. The number of aromatic nitrogens is 2. The van der Waals surface area contributed by atoms with Crippen LogP contribution in [0.1, 0.15) is 24.4 Å². The van der Waals surface area contributed by atoms with Gasteiger partial charge in [0.05, 0.1) is 25.0 Å². The maximum atomic E-state index is 12.6. The number of carbonyl (C=O) groups excluding carboxylic acids is 1. The van der Waals surface area contributed by atoms with E-state index in [9.17, 15) is 4.79 Å². The van der Waals surface area contributed by atoms with Crippen molar-refractivity contribution in [3.05, 3.63) is 71.5 Å². The normalized spacial score (nSPS) is 16.0. The van der Waals surface area contributed by atoms with Gasteiger partial charge in [-0.25, -0.2) is 9.97 Å². The molecular formula is C22H20ClN3O4. The lowest BCUT2D eigenvalue weighted by molar-refractivity contribution is -0.117. The number of anilines is 1. The first-order valence-corrected chi connectivity index (χ1v) is 9.93. The molecule has 1 amide bonds. The Morgan fingerprint density at radius 3 is 2.67 bits per heavy atom. The van der Waals surface area contributed by atoms with E-state index in [0.717, 1.165) is 5.56 Å². The van der Waals surface area contributed by atoms with E-state index in [4.69, 9.17) is 26.2 Å². The first-order chi connectivity index (χ1) is 14.6. The maximum Gasteiger partial charge on any atom is 0.237 e. The molecule has 0 bridgehead atoms. The average Bonchev–Trinajstić information content (AvgIpc) is 3.16. The van der Waals surface area contributed by atoms with Crippen LogP contribution in [-0.4, -0.2) is 34.2 Å². The molecule has 1 aliphatic rings. The Balaban J connectivity index is 1.53. The van der Waals surface area contributed by atoms with Gasteiger partial charge < -0.3 is 14.6 Å². The van der Waals surface area contributed by atoms with Crippen molar-refractivity contribution in [3.63, 3.8) is 0 Å². The molecule has 3 aromatic rings. The van der Waals surface area contributed by atoms with E-state index in [1.54, 1.807) is 29.2 Å². The van der Waals surface area contributed by atoms with Crippen LogP contribution in [0.3, 0.4) is 0 Å². The lowest BCUT2D eigenvalue weighted by Crippen LogP contribution is -2.28. The molecule has 1 aliphatic heterocycles. The molecule has 0 aliphatic carbocycles. The van der Waals surface area contributed by atoms with Crippen molar-refractivity contribution in [3.8, 4) is 17.4 Å². The van der Waals surface area contributed by atoms with E-state index in [2.05, 4.69) is 9.97 Å². The third-order valence-electron chi connectivity index (χ3n) is 4.71. The predicted octanol–water partition coefficient (Wildman–Crippen LogP) is 4.16. The molecule has 1 unspecified atom stereocenters. The summed E-state index contributed by atoms with van der Waals surface area (Å²) in [6.07, 6.45) is 4.13. The maximum absolute atomic E-state index is 12.6. The summed E-state index contributed by atoms with van der Waals surface area (Å²) < 4.78 is 11.2. The van der Waals surface area contributed by atoms with Gasteiger partial charge in [0, 0.05) is 11.4 Å². The minimum Gasteiger partial charge on any atom is -0.491 e. The SMILES string of the molecule is O=C1CCC(c2cccc(OCCO)c2)N1c1cnc(Oc2ccc(Cl)cc2)cn1. The van der Waals surface area contributed by atoms with E-state index in [0.29, 0.717) is 41.1 Å². The molecular weight excluding hydrogens is 406 g/mol. The molecule has 8 heteroatoms. The molecule has 2 aromatic carbocycles. The number of amides is 1. The van der Waals surface area contributed by atoms with Crippen LogP contribution in [0.2, 0.25) is 5.02 Å². The zero-order valence-corrected chi connectivity index (χ0v) is 16.8. The lowest BCUT2D eigenvalue weighted by Gasteiger charge is -2.24. The van der Waals surface area contributed by atoms with Gasteiger partial charge in [-0.2, -0.15) is 0 Å². The number of aliphatic hydroxyl groups excluding tert-OH is 1. The highest BCUT2D eigenvalue weighted by Crippen LogP contribution is 2.37. The van der Waals surface area contributed by atoms with Crippen molar-refractivity contribution in [1.29, 1.82) is 0 Å². The Bertz CT molecular complexity index is 1010. The van der Waals surface area contributed by atoms with Crippen LogP contribution in [-0.2, 0) is 4.79 Å². The van der Waals surface area contributed by atoms with E-state index < -0.39 is 0 Å². The van der Waals surface area contributed by atoms with Crippen molar-refractivity contribution >= 4 is 23.3 Å². The minimum absolute atomic E-state index is 0.0117. The van der Waals surface area contributed by atoms with Gasteiger partial charge in [-0.3, -0.25) is 9.69 Å². The molecule has 1 N–H and O–H groups in total. The van der Waals surface area contributed by atoms with Crippen LogP contribution in [0.5, 0.6) is 17.4 Å². The molecule has 7 nitrogen and oxygen atoms in total. The zero-order chi connectivity index (χ0) is 20.9. The number of hydrogen-bond acceptors (Lipinski definition) is 6. The summed E-state index contributed by atoms with van der Waals surface area (Å²) in [5.74, 6) is 2.02. The van der Waals surface area contributed by atoms with Crippen molar-refractivity contribution in [2.45, 2.75) is 18.9 Å². The summed E-state index contributed by atoms with van der Waals surface area (Å²) in [6.45, 7) is 0.162. The second kappa shape index (κ2) is 9.11. The Kier molecular flexibility index (Phi) is 6.11. The number of ether oxygens (including phenoxy) is 2. The van der Waals surface area contributed by atoms with Gasteiger partial charge in [0.25, 0.3) is 0 Å². The van der Waals surface area contributed by atoms with Gasteiger partial charge in [-0.15, -0.1) is 0 Å². The number of aliphatic hydroxyl groups is 1. The van der Waals surface area contributed by atoms with Crippen LogP contribution in [0.25, 0.3) is 0 Å². The highest BCUT2D eigenvalue weighted by molar-refractivity contribution is 6.30. The molecule has 1 atom stereocenters. The van der Waals surface area contributed by atoms with Crippen LogP contribution in [0, 0.1) is 0 Å². The fourth-order valence-electron chi connectivity index (χ4n) is 3.37. The van der Waals surface area contributed by atoms with Gasteiger partial charge in [-0.1, -0.05) is 23.7 Å². The fourth-order valence-corrected chi connectivity index (χ4v) is 3.50. The topological polar surface area (TPSA) is 84.8 Å². The monoisotopic (exact) mass is 425 g/mol. The third kappa shape index (κ3) is 4.53. The van der Waals surface area contributed by atoms with E-state index in [1.165, 1.54) is 12.4 Å². The molecule has 1 saturated heterocycles. The molecule has 2 heterocycles. The molecule has 154 valence electrons. The Morgan fingerprint density at radius 2 is 1.93 bits per heavy atom. The van der Waals surface area contributed by atoms with Gasteiger partial charge in [0.1, 0.15) is 18.1 Å². The van der Waals surface area contributed by atoms with E-state index in [-0.39, 0.29) is 25.2 Å². The smallest absolute Gasteiger partial charge is 0.237 e. The van der Waals surface area contributed by atoms with Crippen molar-refractivity contribution in [2.24, 2.45) is 0 Å². The van der Waals surface area contributed by atoms with Gasteiger partial charge in [-0.05, 0) is 48.4 Å². The molecule has 0 spiro atoms. The van der Waals surface area contributed by atoms with Crippen molar-refractivity contribution in [2.75, 3.05) is 18.1 Å². The number of halogens is 1. The Hall–Kier alpha value is -3.16. The zero-order valence-electron chi connectivity index (χ0n) is 16.1. The van der Waals surface area contributed by atoms with E-state index >= 15 is 0 Å². The Labute approximate surface area is 178 Å². The first kappa shape index (κ1) is 20.1. The van der Waals surface area contributed by atoms with E-state index in [1.807, 2.05) is 24.3 Å². The van der Waals surface area contributed by atoms with Crippen molar-refractivity contribution < 1.29 is 19.4 Å². The second-order valence-corrected chi connectivity index (χ2v) is 7.17.